The minimum atomic E-state index is -4.40. The number of nitrogens with zero attached hydrogens (tertiary/aromatic N) is 2. The van der Waals surface area contributed by atoms with E-state index in [2.05, 4.69) is 18.7 Å². The number of aliphatic hydroxyl groups is 1. The molecule has 1 spiro atoms. The van der Waals surface area contributed by atoms with E-state index in [-0.39, 0.29) is 36.1 Å². The molecule has 5 aliphatic rings. The quantitative estimate of drug-likeness (QED) is 0.422. The maximum absolute atomic E-state index is 14.0. The normalized spacial score (nSPS) is 31.1. The highest BCUT2D eigenvalue weighted by Crippen LogP contribution is 2.66. The van der Waals surface area contributed by atoms with Gasteiger partial charge in [-0.2, -0.15) is 13.2 Å². The lowest BCUT2D eigenvalue weighted by molar-refractivity contribution is -0.202. The van der Waals surface area contributed by atoms with Crippen LogP contribution in [0, 0.1) is 11.8 Å². The van der Waals surface area contributed by atoms with Crippen LogP contribution in [-0.2, 0) is 29.2 Å². The number of benzene rings is 2. The number of piperidine rings is 1. The number of carbonyl (C=O) groups is 1. The number of hydrogen-bond donors (Lipinski definition) is 2. The monoisotopic (exact) mass is 598 g/mol. The van der Waals surface area contributed by atoms with Gasteiger partial charge in [0.25, 0.3) is 0 Å². The second-order valence-electron chi connectivity index (χ2n) is 14.0. The molecule has 232 valence electrons. The number of rotatable bonds is 8. The Hall–Kier alpha value is -2.78. The van der Waals surface area contributed by atoms with Crippen LogP contribution in [0.25, 0.3) is 0 Å². The van der Waals surface area contributed by atoms with Gasteiger partial charge >= 0.3 is 6.18 Å². The van der Waals surface area contributed by atoms with Crippen LogP contribution in [-0.4, -0.2) is 69.3 Å². The van der Waals surface area contributed by atoms with Gasteiger partial charge in [-0.1, -0.05) is 32.0 Å². The molecule has 1 amide bonds. The summed E-state index contributed by atoms with van der Waals surface area (Å²) in [6.45, 7) is 6.48. The second kappa shape index (κ2) is 10.1. The van der Waals surface area contributed by atoms with Crippen LogP contribution >= 0.6 is 0 Å². The predicted molar refractivity (Wildman–Crippen MR) is 155 cm³/mol. The number of aromatic hydroxyl groups is 1. The van der Waals surface area contributed by atoms with Gasteiger partial charge in [-0.25, -0.2) is 0 Å². The third kappa shape index (κ3) is 4.55. The van der Waals surface area contributed by atoms with E-state index in [0.29, 0.717) is 49.5 Å². The van der Waals surface area contributed by atoms with Crippen LogP contribution in [0.2, 0.25) is 0 Å². The van der Waals surface area contributed by atoms with Crippen LogP contribution in [0.15, 0.2) is 36.4 Å². The summed E-state index contributed by atoms with van der Waals surface area (Å²) in [7, 11) is 0. The van der Waals surface area contributed by atoms with E-state index in [0.717, 1.165) is 42.8 Å². The van der Waals surface area contributed by atoms with Crippen molar-refractivity contribution in [3.8, 4) is 11.5 Å². The molecule has 2 unspecified atom stereocenters. The number of phenolic OH excluding ortho intramolecular Hbond substituents is 1. The Kier molecular flexibility index (Phi) is 6.82. The molecule has 1 saturated heterocycles. The molecule has 9 heteroatoms. The van der Waals surface area contributed by atoms with E-state index in [1.54, 1.807) is 6.07 Å². The van der Waals surface area contributed by atoms with Gasteiger partial charge < -0.3 is 19.8 Å². The largest absolute Gasteiger partial charge is 0.504 e. The Bertz CT molecular complexity index is 1410. The number of phenols is 1. The summed E-state index contributed by atoms with van der Waals surface area (Å²) in [5.41, 5.74) is 0.293. The lowest BCUT2D eigenvalue weighted by Gasteiger charge is -2.65. The van der Waals surface area contributed by atoms with Crippen molar-refractivity contribution in [3.63, 3.8) is 0 Å². The summed E-state index contributed by atoms with van der Waals surface area (Å²) in [4.78, 5) is 18.4. The maximum Gasteiger partial charge on any atom is 0.416 e. The summed E-state index contributed by atoms with van der Waals surface area (Å²) < 4.78 is 45.8. The molecule has 7 rings (SSSR count). The molecule has 5 atom stereocenters. The van der Waals surface area contributed by atoms with Crippen molar-refractivity contribution in [3.05, 3.63) is 58.7 Å². The second-order valence-corrected chi connectivity index (χ2v) is 14.0. The number of hydrogen-bond acceptors (Lipinski definition) is 5. The van der Waals surface area contributed by atoms with E-state index >= 15 is 0 Å². The molecule has 2 aromatic carbocycles. The van der Waals surface area contributed by atoms with Gasteiger partial charge in [-0.3, -0.25) is 9.69 Å². The third-order valence-corrected chi connectivity index (χ3v) is 10.9. The molecule has 43 heavy (non-hydrogen) atoms. The zero-order valence-corrected chi connectivity index (χ0v) is 24.9. The van der Waals surface area contributed by atoms with E-state index in [1.165, 1.54) is 25.0 Å². The molecule has 2 aromatic rings. The Morgan fingerprint density at radius 3 is 2.53 bits per heavy atom. The number of alkyl halides is 3. The zero-order valence-electron chi connectivity index (χ0n) is 24.9. The first-order valence-corrected chi connectivity index (χ1v) is 15.9. The predicted octanol–water partition coefficient (Wildman–Crippen LogP) is 5.46. The molecule has 6 nitrogen and oxygen atoms in total. The number of aryl methyl sites for hydroxylation is 1. The summed E-state index contributed by atoms with van der Waals surface area (Å²) in [6.07, 6.45) is 0.641. The van der Waals surface area contributed by atoms with Crippen molar-refractivity contribution < 1.29 is 32.9 Å². The maximum atomic E-state index is 14.0. The van der Waals surface area contributed by atoms with Crippen molar-refractivity contribution in [1.82, 2.24) is 9.80 Å². The van der Waals surface area contributed by atoms with Crippen LogP contribution in [0.5, 0.6) is 11.5 Å². The van der Waals surface area contributed by atoms with Crippen molar-refractivity contribution in [2.45, 2.75) is 101 Å². The molecule has 0 radical (unpaired) electrons. The number of amides is 1. The molecule has 2 bridgehead atoms. The van der Waals surface area contributed by atoms with Gasteiger partial charge in [0, 0.05) is 31.1 Å². The number of carbonyl (C=O) groups excluding carboxylic acids is 1. The Morgan fingerprint density at radius 2 is 1.86 bits per heavy atom. The SMILES string of the molecule is CC(C)CN(C(=O)CCc1ccc(C(F)(F)F)cc1)C1CC[C@@]2(O)[C@H]3Cc4ccc(O)c5c4[C@@]2(CCN3CC2CC2)C1O5. The Balaban J connectivity index is 1.20. The van der Waals surface area contributed by atoms with Crippen molar-refractivity contribution in [2.75, 3.05) is 19.6 Å². The smallest absolute Gasteiger partial charge is 0.416 e. The van der Waals surface area contributed by atoms with Crippen molar-refractivity contribution >= 4 is 5.91 Å². The first-order chi connectivity index (χ1) is 20.4. The van der Waals surface area contributed by atoms with Crippen LogP contribution in [0.1, 0.15) is 74.6 Å². The van der Waals surface area contributed by atoms with E-state index in [4.69, 9.17) is 4.74 Å². The summed E-state index contributed by atoms with van der Waals surface area (Å²) in [5.74, 6) is 1.35. The minimum absolute atomic E-state index is 0.0363. The van der Waals surface area contributed by atoms with E-state index < -0.39 is 28.9 Å². The van der Waals surface area contributed by atoms with E-state index in [1.807, 2.05) is 11.0 Å². The highest BCUT2D eigenvalue weighted by Gasteiger charge is 2.73. The Morgan fingerprint density at radius 1 is 1.12 bits per heavy atom. The standard InChI is InChI=1S/C34H41F3N2O4/c1-20(2)18-39(28(41)12-7-21-5-9-24(10-6-21)34(35,36)37)25-13-14-33(42)27-17-23-8-11-26(40)30-29(23)32(33,31(25)43-30)15-16-38(27)19-22-3-4-22/h5-6,8-11,20,22,25,27,31,40,42H,3-4,7,12-19H2,1-2H3/t25?,27-,31?,32+,33-/m1/s1. The highest BCUT2D eigenvalue weighted by molar-refractivity contribution is 5.77. The summed E-state index contributed by atoms with van der Waals surface area (Å²) in [6, 6.07) is 8.37. The molecule has 2 saturated carbocycles. The Labute approximate surface area is 250 Å². The van der Waals surface area contributed by atoms with Crippen LogP contribution in [0.3, 0.4) is 0 Å². The average molecular weight is 599 g/mol. The van der Waals surface area contributed by atoms with Crippen molar-refractivity contribution in [1.29, 1.82) is 0 Å². The molecular formula is C34H41F3N2O4. The van der Waals surface area contributed by atoms with Gasteiger partial charge in [0.15, 0.2) is 11.5 Å². The molecule has 3 aliphatic carbocycles. The van der Waals surface area contributed by atoms with Crippen LogP contribution < -0.4 is 4.74 Å². The topological polar surface area (TPSA) is 73.2 Å². The molecular weight excluding hydrogens is 557 g/mol. The van der Waals surface area contributed by atoms with Gasteiger partial charge in [-0.15, -0.1) is 0 Å². The molecule has 2 heterocycles. The fourth-order valence-corrected chi connectivity index (χ4v) is 8.85. The fraction of sp³-hybridized carbons (Fsp3) is 0.618. The molecule has 2 N–H and O–H groups in total. The number of likely N-dealkylation sites (tertiary alicyclic amines) is 1. The number of ether oxygens (including phenoxy) is 1. The average Bonchev–Trinajstić information content (AvgIpc) is 3.70. The minimum Gasteiger partial charge on any atom is -0.504 e. The summed E-state index contributed by atoms with van der Waals surface area (Å²) in [5, 5.41) is 23.7. The lowest BCUT2D eigenvalue weighted by Crippen LogP contribution is -2.78. The highest BCUT2D eigenvalue weighted by atomic mass is 19.4. The van der Waals surface area contributed by atoms with E-state index in [9.17, 15) is 28.2 Å². The van der Waals surface area contributed by atoms with Gasteiger partial charge in [-0.05, 0) is 92.7 Å². The van der Waals surface area contributed by atoms with Gasteiger partial charge in [0.1, 0.15) is 6.10 Å². The lowest BCUT2D eigenvalue weighted by atomic mass is 9.48. The first-order valence-electron chi connectivity index (χ1n) is 15.9. The third-order valence-electron chi connectivity index (χ3n) is 10.9. The van der Waals surface area contributed by atoms with Crippen LogP contribution in [0.4, 0.5) is 13.2 Å². The van der Waals surface area contributed by atoms with Crippen molar-refractivity contribution in [2.24, 2.45) is 11.8 Å². The number of halogens is 3. The molecule has 2 aliphatic heterocycles. The zero-order chi connectivity index (χ0) is 30.3. The molecule has 3 fully saturated rings. The molecule has 0 aromatic heterocycles. The fourth-order valence-electron chi connectivity index (χ4n) is 8.85. The summed E-state index contributed by atoms with van der Waals surface area (Å²) >= 11 is 0. The van der Waals surface area contributed by atoms with Gasteiger partial charge in [0.2, 0.25) is 5.91 Å². The van der Waals surface area contributed by atoms with Gasteiger partial charge in [0.05, 0.1) is 22.6 Å². The first kappa shape index (κ1) is 29.0.